The summed E-state index contributed by atoms with van der Waals surface area (Å²) in [5.41, 5.74) is 2.31. The molecule has 2 aromatic rings. The topological polar surface area (TPSA) is 40.7 Å². The minimum atomic E-state index is 0.547. The lowest BCUT2D eigenvalue weighted by Crippen LogP contribution is -2.27. The molecule has 0 saturated heterocycles. The second-order valence-electron chi connectivity index (χ2n) is 5.47. The summed E-state index contributed by atoms with van der Waals surface area (Å²) < 4.78 is 0. The first-order valence-electron chi connectivity index (χ1n) is 7.03. The average Bonchev–Trinajstić information content (AvgIpc) is 2.89. The van der Waals surface area contributed by atoms with Crippen LogP contribution in [0.1, 0.15) is 39.0 Å². The van der Waals surface area contributed by atoms with Crippen LogP contribution in [-0.4, -0.2) is 16.2 Å². The van der Waals surface area contributed by atoms with E-state index < -0.39 is 0 Å². The standard InChI is InChI=1S/C15H21N3/c1-11(12-6-3-2-4-7-12)17-14-8-5-9-15-13(14)10-16-18-15/h5,8-12,17H,2-4,6-7H2,1H3,(H,16,18). The van der Waals surface area contributed by atoms with Crippen molar-refractivity contribution in [1.82, 2.24) is 10.2 Å². The smallest absolute Gasteiger partial charge is 0.0671 e. The highest BCUT2D eigenvalue weighted by atomic mass is 15.1. The molecule has 1 aromatic heterocycles. The van der Waals surface area contributed by atoms with Gasteiger partial charge in [-0.05, 0) is 37.8 Å². The van der Waals surface area contributed by atoms with E-state index in [1.807, 2.05) is 6.20 Å². The molecule has 1 aromatic carbocycles. The summed E-state index contributed by atoms with van der Waals surface area (Å²) in [6.45, 7) is 2.31. The molecule has 0 radical (unpaired) electrons. The number of aromatic amines is 1. The number of H-pyrrole nitrogens is 1. The maximum absolute atomic E-state index is 4.12. The maximum atomic E-state index is 4.12. The van der Waals surface area contributed by atoms with Crippen LogP contribution in [0.3, 0.4) is 0 Å². The summed E-state index contributed by atoms with van der Waals surface area (Å²) in [6.07, 6.45) is 8.86. The molecule has 96 valence electrons. The molecule has 1 unspecified atom stereocenters. The van der Waals surface area contributed by atoms with E-state index in [9.17, 15) is 0 Å². The van der Waals surface area contributed by atoms with Gasteiger partial charge in [-0.2, -0.15) is 5.10 Å². The van der Waals surface area contributed by atoms with E-state index in [1.165, 1.54) is 43.2 Å². The molecule has 3 heteroatoms. The molecule has 2 N–H and O–H groups in total. The molecule has 1 heterocycles. The summed E-state index contributed by atoms with van der Waals surface area (Å²) in [5.74, 6) is 0.820. The highest BCUT2D eigenvalue weighted by Gasteiger charge is 2.20. The van der Waals surface area contributed by atoms with Gasteiger partial charge in [0.1, 0.15) is 0 Å². The summed E-state index contributed by atoms with van der Waals surface area (Å²) >= 11 is 0. The molecule has 3 rings (SSSR count). The lowest BCUT2D eigenvalue weighted by Gasteiger charge is -2.29. The SMILES string of the molecule is CC(Nc1cccc2[nH]ncc12)C1CCCCC1. The first-order valence-corrected chi connectivity index (χ1v) is 7.03. The molecule has 3 nitrogen and oxygen atoms in total. The lowest BCUT2D eigenvalue weighted by molar-refractivity contribution is 0.328. The average molecular weight is 243 g/mol. The first-order chi connectivity index (χ1) is 8.84. The minimum Gasteiger partial charge on any atom is -0.382 e. The van der Waals surface area contributed by atoms with Crippen molar-refractivity contribution in [2.45, 2.75) is 45.1 Å². The maximum Gasteiger partial charge on any atom is 0.0671 e. The number of hydrogen-bond donors (Lipinski definition) is 2. The number of nitrogens with zero attached hydrogens (tertiary/aromatic N) is 1. The second kappa shape index (κ2) is 5.01. The highest BCUT2D eigenvalue weighted by Crippen LogP contribution is 2.29. The minimum absolute atomic E-state index is 0.547. The summed E-state index contributed by atoms with van der Waals surface area (Å²) in [6, 6.07) is 6.85. The molecule has 18 heavy (non-hydrogen) atoms. The fraction of sp³-hybridized carbons (Fsp3) is 0.533. The Hall–Kier alpha value is -1.51. The number of anilines is 1. The molecule has 1 aliphatic rings. The molecule has 1 aliphatic carbocycles. The second-order valence-corrected chi connectivity index (χ2v) is 5.47. The number of fused-ring (bicyclic) bond motifs is 1. The van der Waals surface area contributed by atoms with Crippen molar-refractivity contribution in [2.75, 3.05) is 5.32 Å². The molecule has 0 bridgehead atoms. The third-order valence-electron chi connectivity index (χ3n) is 4.22. The Balaban J connectivity index is 1.77. The molecule has 0 amide bonds. The number of rotatable bonds is 3. The number of hydrogen-bond acceptors (Lipinski definition) is 2. The predicted molar refractivity (Wildman–Crippen MR) is 75.8 cm³/mol. The zero-order chi connectivity index (χ0) is 12.4. The fourth-order valence-corrected chi connectivity index (χ4v) is 3.09. The number of nitrogens with one attached hydrogen (secondary N) is 2. The largest absolute Gasteiger partial charge is 0.382 e. The lowest BCUT2D eigenvalue weighted by atomic mass is 9.84. The van der Waals surface area contributed by atoms with Crippen LogP contribution >= 0.6 is 0 Å². The summed E-state index contributed by atoms with van der Waals surface area (Å²) in [7, 11) is 0. The van der Waals surface area contributed by atoms with Gasteiger partial charge in [0.2, 0.25) is 0 Å². The van der Waals surface area contributed by atoms with E-state index in [1.54, 1.807) is 0 Å². The van der Waals surface area contributed by atoms with Gasteiger partial charge in [0.25, 0.3) is 0 Å². The Kier molecular flexibility index (Phi) is 3.22. The van der Waals surface area contributed by atoms with Crippen molar-refractivity contribution in [3.63, 3.8) is 0 Å². The number of benzene rings is 1. The van der Waals surface area contributed by atoms with Crippen LogP contribution in [-0.2, 0) is 0 Å². The van der Waals surface area contributed by atoms with Crippen molar-refractivity contribution in [3.05, 3.63) is 24.4 Å². The van der Waals surface area contributed by atoms with Gasteiger partial charge in [-0.3, -0.25) is 5.10 Å². The fourth-order valence-electron chi connectivity index (χ4n) is 3.09. The van der Waals surface area contributed by atoms with Gasteiger partial charge in [0.05, 0.1) is 11.7 Å². The van der Waals surface area contributed by atoms with Crippen molar-refractivity contribution >= 4 is 16.6 Å². The van der Waals surface area contributed by atoms with Crippen LogP contribution in [0.25, 0.3) is 10.9 Å². The van der Waals surface area contributed by atoms with Crippen molar-refractivity contribution < 1.29 is 0 Å². The zero-order valence-electron chi connectivity index (χ0n) is 10.9. The van der Waals surface area contributed by atoms with Crippen LogP contribution < -0.4 is 5.32 Å². The van der Waals surface area contributed by atoms with E-state index in [-0.39, 0.29) is 0 Å². The third-order valence-corrected chi connectivity index (χ3v) is 4.22. The van der Waals surface area contributed by atoms with Gasteiger partial charge in [-0.15, -0.1) is 0 Å². The monoisotopic (exact) mass is 243 g/mol. The number of aromatic nitrogens is 2. The van der Waals surface area contributed by atoms with Gasteiger partial charge in [0.15, 0.2) is 0 Å². The van der Waals surface area contributed by atoms with Crippen LogP contribution in [0, 0.1) is 5.92 Å². The van der Waals surface area contributed by atoms with E-state index in [0.717, 1.165) is 11.4 Å². The normalized spacial score (nSPS) is 18.9. The molecule has 1 saturated carbocycles. The first kappa shape index (κ1) is 11.6. The van der Waals surface area contributed by atoms with Crippen molar-refractivity contribution in [3.8, 4) is 0 Å². The predicted octanol–water partition coefficient (Wildman–Crippen LogP) is 3.94. The molecule has 1 atom stereocenters. The summed E-state index contributed by atoms with van der Waals surface area (Å²) in [5, 5.41) is 12.0. The Labute approximate surface area is 108 Å². The molecule has 0 aliphatic heterocycles. The highest BCUT2D eigenvalue weighted by molar-refractivity contribution is 5.90. The quantitative estimate of drug-likeness (QED) is 0.857. The molecule has 1 fully saturated rings. The third kappa shape index (κ3) is 2.22. The van der Waals surface area contributed by atoms with Crippen LogP contribution in [0.2, 0.25) is 0 Å². The molecular formula is C15H21N3. The van der Waals surface area contributed by atoms with E-state index in [0.29, 0.717) is 6.04 Å². The molecular weight excluding hydrogens is 222 g/mol. The van der Waals surface area contributed by atoms with Gasteiger partial charge in [0, 0.05) is 17.1 Å². The molecule has 0 spiro atoms. The van der Waals surface area contributed by atoms with E-state index in [4.69, 9.17) is 0 Å². The van der Waals surface area contributed by atoms with Crippen molar-refractivity contribution in [1.29, 1.82) is 0 Å². The Morgan fingerprint density at radius 2 is 2.11 bits per heavy atom. The van der Waals surface area contributed by atoms with Gasteiger partial charge in [-0.25, -0.2) is 0 Å². The van der Waals surface area contributed by atoms with Crippen molar-refractivity contribution in [2.24, 2.45) is 5.92 Å². The zero-order valence-corrected chi connectivity index (χ0v) is 10.9. The van der Waals surface area contributed by atoms with E-state index in [2.05, 4.69) is 40.6 Å². The van der Waals surface area contributed by atoms with Gasteiger partial charge >= 0.3 is 0 Å². The van der Waals surface area contributed by atoms with E-state index >= 15 is 0 Å². The van der Waals surface area contributed by atoms with Gasteiger partial charge in [-0.1, -0.05) is 25.3 Å². The summed E-state index contributed by atoms with van der Waals surface area (Å²) in [4.78, 5) is 0. The Morgan fingerprint density at radius 3 is 2.94 bits per heavy atom. The van der Waals surface area contributed by atoms with Crippen LogP contribution in [0.5, 0.6) is 0 Å². The van der Waals surface area contributed by atoms with Crippen LogP contribution in [0.15, 0.2) is 24.4 Å². The Morgan fingerprint density at radius 1 is 1.28 bits per heavy atom. The van der Waals surface area contributed by atoms with Gasteiger partial charge < -0.3 is 5.32 Å². The Bertz CT molecular complexity index is 511. The van der Waals surface area contributed by atoms with Crippen LogP contribution in [0.4, 0.5) is 5.69 Å².